The minimum atomic E-state index is 0.0990. The first kappa shape index (κ1) is 18.0. The Morgan fingerprint density at radius 1 is 1.22 bits per heavy atom. The molecular weight excluding hydrogens is 290 g/mol. The molecule has 1 amide bonds. The molecule has 1 aliphatic carbocycles. The maximum absolute atomic E-state index is 11.4. The number of guanidine groups is 1. The lowest BCUT2D eigenvalue weighted by Gasteiger charge is -2.32. The predicted molar refractivity (Wildman–Crippen MR) is 94.6 cm³/mol. The summed E-state index contributed by atoms with van der Waals surface area (Å²) in [5.74, 6) is 2.04. The van der Waals surface area contributed by atoms with Crippen LogP contribution in [0.3, 0.4) is 0 Å². The van der Waals surface area contributed by atoms with Crippen LogP contribution >= 0.6 is 0 Å². The molecule has 2 fully saturated rings. The molecule has 6 nitrogen and oxygen atoms in total. The zero-order chi connectivity index (χ0) is 16.5. The van der Waals surface area contributed by atoms with E-state index in [4.69, 9.17) is 4.99 Å². The highest BCUT2D eigenvalue weighted by atomic mass is 16.1. The lowest BCUT2D eigenvalue weighted by molar-refractivity contribution is -0.122. The van der Waals surface area contributed by atoms with Crippen LogP contribution in [-0.2, 0) is 4.79 Å². The van der Waals surface area contributed by atoms with E-state index in [0.29, 0.717) is 12.6 Å². The molecule has 0 radical (unpaired) electrons. The van der Waals surface area contributed by atoms with Gasteiger partial charge in [0.2, 0.25) is 5.91 Å². The monoisotopic (exact) mass is 323 g/mol. The second-order valence-electron chi connectivity index (χ2n) is 6.71. The van der Waals surface area contributed by atoms with E-state index in [0.717, 1.165) is 50.9 Å². The van der Waals surface area contributed by atoms with Crippen molar-refractivity contribution in [2.45, 2.75) is 51.5 Å². The van der Waals surface area contributed by atoms with E-state index in [1.807, 2.05) is 0 Å². The van der Waals surface area contributed by atoms with Gasteiger partial charge in [-0.05, 0) is 38.5 Å². The van der Waals surface area contributed by atoms with Gasteiger partial charge in [-0.3, -0.25) is 14.7 Å². The smallest absolute Gasteiger partial charge is 0.233 e. The minimum Gasteiger partial charge on any atom is -0.358 e. The summed E-state index contributed by atoms with van der Waals surface area (Å²) in [6.45, 7) is 6.36. The quantitative estimate of drug-likeness (QED) is 0.353. The molecule has 2 aliphatic rings. The summed E-state index contributed by atoms with van der Waals surface area (Å²) in [5, 5.41) is 9.60. The van der Waals surface area contributed by atoms with Crippen molar-refractivity contribution in [1.82, 2.24) is 20.9 Å². The number of carbonyl (C=O) groups excluding carboxylic acids is 1. The first-order chi connectivity index (χ1) is 11.2. The fraction of sp³-hybridized carbons (Fsp3) is 0.882. The Labute approximate surface area is 140 Å². The molecule has 6 heteroatoms. The molecule has 0 unspecified atom stereocenters. The third-order valence-electron chi connectivity index (χ3n) is 4.66. The molecule has 0 bridgehead atoms. The molecule has 0 aromatic carbocycles. The fourth-order valence-electron chi connectivity index (χ4n) is 3.01. The second kappa shape index (κ2) is 9.75. The van der Waals surface area contributed by atoms with Crippen molar-refractivity contribution in [3.05, 3.63) is 0 Å². The zero-order valence-corrected chi connectivity index (χ0v) is 14.7. The van der Waals surface area contributed by atoms with Crippen molar-refractivity contribution < 1.29 is 4.79 Å². The van der Waals surface area contributed by atoms with Gasteiger partial charge in [0.25, 0.3) is 0 Å². The Hall–Kier alpha value is -1.30. The first-order valence-electron chi connectivity index (χ1n) is 9.19. The van der Waals surface area contributed by atoms with E-state index in [1.54, 1.807) is 7.05 Å². The van der Waals surface area contributed by atoms with Crippen molar-refractivity contribution in [3.8, 4) is 0 Å². The number of nitrogens with zero attached hydrogens (tertiary/aromatic N) is 2. The highest BCUT2D eigenvalue weighted by Crippen LogP contribution is 2.33. The molecule has 1 aliphatic heterocycles. The molecule has 132 valence electrons. The SMILES string of the molecule is CCNC(=NCCCC1CC1)NC1CCN(CC(=O)NC)CC1. The van der Waals surface area contributed by atoms with Crippen molar-refractivity contribution in [3.63, 3.8) is 0 Å². The summed E-state index contributed by atoms with van der Waals surface area (Å²) < 4.78 is 0. The van der Waals surface area contributed by atoms with Gasteiger partial charge in [0.1, 0.15) is 0 Å². The number of nitrogens with one attached hydrogen (secondary N) is 3. The Kier molecular flexibility index (Phi) is 7.65. The Morgan fingerprint density at radius 2 is 1.96 bits per heavy atom. The van der Waals surface area contributed by atoms with E-state index in [-0.39, 0.29) is 5.91 Å². The van der Waals surface area contributed by atoms with E-state index < -0.39 is 0 Å². The molecule has 0 aromatic heterocycles. The number of hydrogen-bond donors (Lipinski definition) is 3. The van der Waals surface area contributed by atoms with Gasteiger partial charge in [-0.2, -0.15) is 0 Å². The highest BCUT2D eigenvalue weighted by molar-refractivity contribution is 5.80. The van der Waals surface area contributed by atoms with Gasteiger partial charge in [0.15, 0.2) is 5.96 Å². The largest absolute Gasteiger partial charge is 0.358 e. The molecule has 1 saturated heterocycles. The number of hydrogen-bond acceptors (Lipinski definition) is 3. The van der Waals surface area contributed by atoms with Crippen molar-refractivity contribution in [2.75, 3.05) is 39.8 Å². The van der Waals surface area contributed by atoms with Crippen LogP contribution in [0, 0.1) is 5.92 Å². The number of amides is 1. The lowest BCUT2D eigenvalue weighted by Crippen LogP contribution is -2.50. The normalized spacial score (nSPS) is 20.3. The summed E-state index contributed by atoms with van der Waals surface area (Å²) in [7, 11) is 1.69. The summed E-state index contributed by atoms with van der Waals surface area (Å²) in [6, 6.07) is 0.456. The van der Waals surface area contributed by atoms with Crippen molar-refractivity contribution in [2.24, 2.45) is 10.9 Å². The molecule has 23 heavy (non-hydrogen) atoms. The summed E-state index contributed by atoms with van der Waals surface area (Å²) in [5.41, 5.74) is 0. The molecular formula is C17H33N5O. The summed E-state index contributed by atoms with van der Waals surface area (Å²) >= 11 is 0. The molecule has 0 aromatic rings. The Bertz CT molecular complexity index is 386. The average molecular weight is 323 g/mol. The molecule has 0 atom stereocenters. The van der Waals surface area contributed by atoms with Crippen LogP contribution in [0.4, 0.5) is 0 Å². The van der Waals surface area contributed by atoms with Crippen LogP contribution in [0.25, 0.3) is 0 Å². The van der Waals surface area contributed by atoms with E-state index in [9.17, 15) is 4.79 Å². The summed E-state index contributed by atoms with van der Waals surface area (Å²) in [4.78, 5) is 18.3. The first-order valence-corrected chi connectivity index (χ1v) is 9.19. The van der Waals surface area contributed by atoms with Gasteiger partial charge >= 0.3 is 0 Å². The van der Waals surface area contributed by atoms with E-state index in [1.165, 1.54) is 25.7 Å². The molecule has 3 N–H and O–H groups in total. The Balaban J connectivity index is 1.67. The number of rotatable bonds is 8. The third-order valence-corrected chi connectivity index (χ3v) is 4.66. The van der Waals surface area contributed by atoms with Gasteiger partial charge in [-0.25, -0.2) is 0 Å². The van der Waals surface area contributed by atoms with Crippen LogP contribution < -0.4 is 16.0 Å². The maximum atomic E-state index is 11.4. The number of carbonyl (C=O) groups is 1. The fourth-order valence-corrected chi connectivity index (χ4v) is 3.01. The van der Waals surface area contributed by atoms with Gasteiger partial charge in [-0.15, -0.1) is 0 Å². The third kappa shape index (κ3) is 7.20. The standard InChI is InChI=1S/C17H33N5O/c1-3-19-17(20-10-4-5-14-6-7-14)21-15-8-11-22(12-9-15)13-16(23)18-2/h14-15H,3-13H2,1-2H3,(H,18,23)(H2,19,20,21). The van der Waals surface area contributed by atoms with Gasteiger partial charge in [0, 0.05) is 39.3 Å². The maximum Gasteiger partial charge on any atom is 0.233 e. The van der Waals surface area contributed by atoms with Crippen LogP contribution in [-0.4, -0.2) is 62.6 Å². The Morgan fingerprint density at radius 3 is 2.57 bits per heavy atom. The molecule has 0 spiro atoms. The topological polar surface area (TPSA) is 68.8 Å². The van der Waals surface area contributed by atoms with Crippen LogP contribution in [0.15, 0.2) is 4.99 Å². The number of likely N-dealkylation sites (N-methyl/N-ethyl adjacent to an activating group) is 1. The second-order valence-corrected chi connectivity index (χ2v) is 6.71. The minimum absolute atomic E-state index is 0.0990. The molecule has 1 saturated carbocycles. The zero-order valence-electron chi connectivity index (χ0n) is 14.7. The van der Waals surface area contributed by atoms with Crippen LogP contribution in [0.2, 0.25) is 0 Å². The van der Waals surface area contributed by atoms with Crippen LogP contribution in [0.1, 0.15) is 45.4 Å². The lowest BCUT2D eigenvalue weighted by atomic mass is 10.1. The molecule has 1 heterocycles. The molecule has 2 rings (SSSR count). The van der Waals surface area contributed by atoms with Gasteiger partial charge in [0.05, 0.1) is 6.54 Å². The summed E-state index contributed by atoms with van der Waals surface area (Å²) in [6.07, 6.45) is 7.51. The van der Waals surface area contributed by atoms with Gasteiger partial charge in [-0.1, -0.05) is 12.8 Å². The van der Waals surface area contributed by atoms with Crippen LogP contribution in [0.5, 0.6) is 0 Å². The van der Waals surface area contributed by atoms with E-state index >= 15 is 0 Å². The van der Waals surface area contributed by atoms with Crippen molar-refractivity contribution >= 4 is 11.9 Å². The number of piperidine rings is 1. The van der Waals surface area contributed by atoms with Crippen molar-refractivity contribution in [1.29, 1.82) is 0 Å². The highest BCUT2D eigenvalue weighted by Gasteiger charge is 2.22. The van der Waals surface area contributed by atoms with Gasteiger partial charge < -0.3 is 16.0 Å². The number of aliphatic imine (C=N–C) groups is 1. The predicted octanol–water partition coefficient (Wildman–Crippen LogP) is 0.942. The van der Waals surface area contributed by atoms with E-state index in [2.05, 4.69) is 27.8 Å². The average Bonchev–Trinajstić information content (AvgIpc) is 3.37. The number of likely N-dealkylation sites (tertiary alicyclic amines) is 1.